The first-order chi connectivity index (χ1) is 11.6. The van der Waals surface area contributed by atoms with Crippen molar-refractivity contribution in [2.75, 3.05) is 0 Å². The molecule has 1 aromatic carbocycles. The van der Waals surface area contributed by atoms with E-state index < -0.39 is 0 Å². The largest absolute Gasteiger partial charge is 0.328 e. The molecular formula is C19H18Cl2N2O. The van der Waals surface area contributed by atoms with Crippen LogP contribution >= 0.6 is 23.2 Å². The van der Waals surface area contributed by atoms with Gasteiger partial charge < -0.3 is 4.90 Å². The number of nitrogens with zero attached hydrogens (tertiary/aromatic N) is 2. The summed E-state index contributed by atoms with van der Waals surface area (Å²) in [5.74, 6) is -0.0355. The van der Waals surface area contributed by atoms with Crippen molar-refractivity contribution >= 4 is 35.2 Å². The molecule has 0 bridgehead atoms. The van der Waals surface area contributed by atoms with Crippen molar-refractivity contribution in [1.29, 1.82) is 0 Å². The maximum Gasteiger partial charge on any atom is 0.247 e. The maximum absolute atomic E-state index is 12.7. The zero-order chi connectivity index (χ0) is 17.1. The van der Waals surface area contributed by atoms with Crippen molar-refractivity contribution in [1.82, 2.24) is 9.88 Å². The van der Waals surface area contributed by atoms with E-state index in [4.69, 9.17) is 23.2 Å². The van der Waals surface area contributed by atoms with Gasteiger partial charge in [-0.15, -0.1) is 0 Å². The van der Waals surface area contributed by atoms with Crippen LogP contribution in [0.15, 0.2) is 48.7 Å². The summed E-state index contributed by atoms with van der Waals surface area (Å²) in [6.45, 7) is 2.01. The van der Waals surface area contributed by atoms with Crippen LogP contribution in [0.1, 0.15) is 37.1 Å². The van der Waals surface area contributed by atoms with Gasteiger partial charge in [-0.3, -0.25) is 9.78 Å². The van der Waals surface area contributed by atoms with E-state index in [-0.39, 0.29) is 18.0 Å². The molecule has 24 heavy (non-hydrogen) atoms. The average molecular weight is 361 g/mol. The first kappa shape index (κ1) is 17.0. The van der Waals surface area contributed by atoms with Crippen LogP contribution in [0.4, 0.5) is 0 Å². The molecule has 1 saturated carbocycles. The lowest BCUT2D eigenvalue weighted by molar-refractivity contribution is -0.128. The van der Waals surface area contributed by atoms with Gasteiger partial charge in [0.05, 0.1) is 21.8 Å². The summed E-state index contributed by atoms with van der Waals surface area (Å²) < 4.78 is 0. The lowest BCUT2D eigenvalue weighted by atomic mass is 10.1. The number of rotatable bonds is 5. The minimum absolute atomic E-state index is 0.0355. The molecule has 1 fully saturated rings. The third-order valence-electron chi connectivity index (χ3n) is 4.11. The van der Waals surface area contributed by atoms with Gasteiger partial charge in [-0.2, -0.15) is 0 Å². The highest BCUT2D eigenvalue weighted by molar-refractivity contribution is 6.42. The van der Waals surface area contributed by atoms with Crippen molar-refractivity contribution in [3.63, 3.8) is 0 Å². The summed E-state index contributed by atoms with van der Waals surface area (Å²) in [6, 6.07) is 11.4. The zero-order valence-electron chi connectivity index (χ0n) is 13.3. The minimum Gasteiger partial charge on any atom is -0.328 e. The van der Waals surface area contributed by atoms with Crippen molar-refractivity contribution in [2.24, 2.45) is 0 Å². The number of amides is 1. The molecule has 0 saturated heterocycles. The van der Waals surface area contributed by atoms with Gasteiger partial charge >= 0.3 is 0 Å². The second kappa shape index (κ2) is 7.37. The third-order valence-corrected chi connectivity index (χ3v) is 4.95. The number of pyridine rings is 1. The molecule has 5 heteroatoms. The van der Waals surface area contributed by atoms with E-state index in [1.165, 1.54) is 0 Å². The standard InChI is InChI=1S/C19H18Cl2N2O/c1-13(17-7-2-3-12-22-17)23(15-9-10-15)18(24)11-8-14-5-4-6-16(20)19(14)21/h2-8,11-13,15H,9-10H2,1H3/b11-8+. The Kier molecular flexibility index (Phi) is 5.22. The number of hydrogen-bond acceptors (Lipinski definition) is 2. The predicted octanol–water partition coefficient (Wildman–Crippen LogP) is 5.15. The molecule has 0 aliphatic heterocycles. The quantitative estimate of drug-likeness (QED) is 0.690. The molecule has 2 aromatic rings. The number of aromatic nitrogens is 1. The van der Waals surface area contributed by atoms with Gasteiger partial charge in [0.1, 0.15) is 0 Å². The maximum atomic E-state index is 12.7. The van der Waals surface area contributed by atoms with Crippen LogP contribution in [0.25, 0.3) is 6.08 Å². The molecule has 0 N–H and O–H groups in total. The summed E-state index contributed by atoms with van der Waals surface area (Å²) in [7, 11) is 0. The molecule has 1 aliphatic rings. The van der Waals surface area contributed by atoms with Crippen LogP contribution in [-0.4, -0.2) is 21.8 Å². The molecule has 0 spiro atoms. The predicted molar refractivity (Wildman–Crippen MR) is 98.0 cm³/mol. The summed E-state index contributed by atoms with van der Waals surface area (Å²) in [5, 5.41) is 0.936. The summed E-state index contributed by atoms with van der Waals surface area (Å²) in [4.78, 5) is 19.0. The van der Waals surface area contributed by atoms with Crippen molar-refractivity contribution < 1.29 is 4.79 Å². The lowest BCUT2D eigenvalue weighted by Gasteiger charge is -2.28. The van der Waals surface area contributed by atoms with E-state index in [9.17, 15) is 4.79 Å². The van der Waals surface area contributed by atoms with Crippen LogP contribution < -0.4 is 0 Å². The van der Waals surface area contributed by atoms with Gasteiger partial charge in [0.2, 0.25) is 5.91 Å². The van der Waals surface area contributed by atoms with Crippen molar-refractivity contribution in [2.45, 2.75) is 31.8 Å². The van der Waals surface area contributed by atoms with Gasteiger partial charge in [0.25, 0.3) is 0 Å². The monoisotopic (exact) mass is 360 g/mol. The van der Waals surface area contributed by atoms with Gasteiger partial charge in [-0.1, -0.05) is 41.4 Å². The molecule has 1 aliphatic carbocycles. The smallest absolute Gasteiger partial charge is 0.247 e. The second-order valence-corrected chi connectivity index (χ2v) is 6.67. The molecule has 1 unspecified atom stereocenters. The van der Waals surface area contributed by atoms with Gasteiger partial charge in [-0.05, 0) is 49.6 Å². The fraction of sp³-hybridized carbons (Fsp3) is 0.263. The molecule has 124 valence electrons. The number of benzene rings is 1. The Hall–Kier alpha value is -1.84. The highest BCUT2D eigenvalue weighted by atomic mass is 35.5. The Balaban J connectivity index is 1.80. The number of halogens is 2. The van der Waals surface area contributed by atoms with E-state index in [1.807, 2.05) is 42.2 Å². The van der Waals surface area contributed by atoms with E-state index in [2.05, 4.69) is 4.98 Å². The second-order valence-electron chi connectivity index (χ2n) is 5.88. The lowest BCUT2D eigenvalue weighted by Crippen LogP contribution is -2.34. The number of carbonyl (C=O) groups is 1. The van der Waals surface area contributed by atoms with Crippen LogP contribution in [-0.2, 0) is 4.79 Å². The molecule has 1 heterocycles. The van der Waals surface area contributed by atoms with Gasteiger partial charge in [0.15, 0.2) is 0 Å². The molecular weight excluding hydrogens is 343 g/mol. The van der Waals surface area contributed by atoms with Crippen molar-refractivity contribution in [3.8, 4) is 0 Å². The first-order valence-electron chi connectivity index (χ1n) is 7.93. The Morgan fingerprint density at radius 3 is 2.71 bits per heavy atom. The Labute approximate surface area is 151 Å². The highest BCUT2D eigenvalue weighted by Crippen LogP contribution is 2.34. The Morgan fingerprint density at radius 2 is 2.04 bits per heavy atom. The van der Waals surface area contributed by atoms with Crippen LogP contribution in [0.2, 0.25) is 10.0 Å². The summed E-state index contributed by atoms with van der Waals surface area (Å²) in [5.41, 5.74) is 1.63. The van der Waals surface area contributed by atoms with E-state index in [1.54, 1.807) is 24.4 Å². The number of hydrogen-bond donors (Lipinski definition) is 0. The first-order valence-corrected chi connectivity index (χ1v) is 8.69. The average Bonchev–Trinajstić information content (AvgIpc) is 3.42. The topological polar surface area (TPSA) is 33.2 Å². The van der Waals surface area contributed by atoms with Crippen LogP contribution in [0.5, 0.6) is 0 Å². The molecule has 0 radical (unpaired) electrons. The zero-order valence-corrected chi connectivity index (χ0v) is 14.8. The fourth-order valence-corrected chi connectivity index (χ4v) is 3.07. The minimum atomic E-state index is -0.0642. The third kappa shape index (κ3) is 3.80. The van der Waals surface area contributed by atoms with E-state index in [0.29, 0.717) is 10.0 Å². The molecule has 3 nitrogen and oxygen atoms in total. The number of carbonyl (C=O) groups excluding carboxylic acids is 1. The van der Waals surface area contributed by atoms with E-state index in [0.717, 1.165) is 24.1 Å². The SMILES string of the molecule is CC(c1ccccn1)N(C(=O)/C=C/c1cccc(Cl)c1Cl)C1CC1. The Morgan fingerprint density at radius 1 is 1.25 bits per heavy atom. The molecule has 3 rings (SSSR count). The summed E-state index contributed by atoms with van der Waals surface area (Å²) >= 11 is 12.2. The highest BCUT2D eigenvalue weighted by Gasteiger charge is 2.35. The summed E-state index contributed by atoms with van der Waals surface area (Å²) in [6.07, 6.45) is 7.11. The van der Waals surface area contributed by atoms with Gasteiger partial charge in [0, 0.05) is 18.3 Å². The van der Waals surface area contributed by atoms with Crippen molar-refractivity contribution in [3.05, 3.63) is 70.0 Å². The normalized spacial score (nSPS) is 15.5. The molecule has 1 aromatic heterocycles. The van der Waals surface area contributed by atoms with Gasteiger partial charge in [-0.25, -0.2) is 0 Å². The van der Waals surface area contributed by atoms with Crippen LogP contribution in [0, 0.1) is 0 Å². The fourth-order valence-electron chi connectivity index (χ4n) is 2.70. The molecule has 1 amide bonds. The molecule has 1 atom stereocenters. The Bertz CT molecular complexity index is 757. The van der Waals surface area contributed by atoms with E-state index >= 15 is 0 Å². The van der Waals surface area contributed by atoms with Crippen LogP contribution in [0.3, 0.4) is 0 Å².